The fourth-order valence-electron chi connectivity index (χ4n) is 4.09. The van der Waals surface area contributed by atoms with Gasteiger partial charge < -0.3 is 23.9 Å². The number of nitrogens with zero attached hydrogens (tertiary/aromatic N) is 4. The molecule has 5 rings (SSSR count). The highest BCUT2D eigenvalue weighted by Gasteiger charge is 2.31. The maximum atomic E-state index is 12.7. The molecule has 2 aromatic carbocycles. The van der Waals surface area contributed by atoms with Crippen LogP contribution in [0.15, 0.2) is 79.3 Å². The Morgan fingerprint density at radius 1 is 0.900 bits per heavy atom. The summed E-state index contributed by atoms with van der Waals surface area (Å²) in [5, 5.41) is 0. The summed E-state index contributed by atoms with van der Waals surface area (Å²) in [4.78, 5) is 28.5. The molecule has 208 valence electrons. The summed E-state index contributed by atoms with van der Waals surface area (Å²) in [6.45, 7) is 0.910. The van der Waals surface area contributed by atoms with Crippen molar-refractivity contribution in [1.29, 1.82) is 0 Å². The number of carbonyl (C=O) groups excluding carboxylic acids is 1. The fourth-order valence-corrected chi connectivity index (χ4v) is 4.09. The van der Waals surface area contributed by atoms with Crippen LogP contribution in [0, 0.1) is 0 Å². The molecule has 4 aromatic rings. The molecule has 12 heteroatoms. The first-order chi connectivity index (χ1) is 19.3. The standard InChI is InChI=1S/C28H25F3N4O5/c1-37-21-5-2-19(3-6-21)26-32-14-17-35(26)40-24-12-15-34(16-13-24)27(36)39-23-9-7-22(8-10-23)38-25-11-4-20(18-33-25)28(29,30)31/h2-11,14,17-18,24H,12-13,15-16H2,1H3. The molecule has 0 spiro atoms. The quantitative estimate of drug-likeness (QED) is 0.283. The predicted molar refractivity (Wildman–Crippen MR) is 137 cm³/mol. The Morgan fingerprint density at radius 3 is 2.20 bits per heavy atom. The molecule has 0 aliphatic carbocycles. The van der Waals surface area contributed by atoms with E-state index in [0.717, 1.165) is 23.4 Å². The number of rotatable bonds is 7. The molecule has 0 N–H and O–H groups in total. The summed E-state index contributed by atoms with van der Waals surface area (Å²) in [6, 6.07) is 15.7. The average Bonchev–Trinajstić information content (AvgIpc) is 3.42. The first-order valence-corrected chi connectivity index (χ1v) is 12.4. The summed E-state index contributed by atoms with van der Waals surface area (Å²) >= 11 is 0. The highest BCUT2D eigenvalue weighted by atomic mass is 19.4. The van der Waals surface area contributed by atoms with Crippen molar-refractivity contribution < 1.29 is 37.0 Å². The number of benzene rings is 2. The van der Waals surface area contributed by atoms with Gasteiger partial charge in [-0.3, -0.25) is 0 Å². The minimum Gasteiger partial charge on any atom is -0.497 e. The normalized spacial score (nSPS) is 14.1. The number of hydrogen-bond donors (Lipinski definition) is 0. The van der Waals surface area contributed by atoms with Crippen molar-refractivity contribution >= 4 is 6.09 Å². The Hall–Kier alpha value is -4.74. The summed E-state index contributed by atoms with van der Waals surface area (Å²) < 4.78 is 55.8. The minimum atomic E-state index is -4.47. The SMILES string of the molecule is COc1ccc(-c2nccn2OC2CCN(C(=O)Oc3ccc(Oc4ccc(C(F)(F)F)cn4)cc3)CC2)cc1. The Kier molecular flexibility index (Phi) is 7.76. The van der Waals surface area contributed by atoms with E-state index >= 15 is 0 Å². The van der Waals surface area contributed by atoms with Crippen LogP contribution >= 0.6 is 0 Å². The molecule has 1 fully saturated rings. The summed E-state index contributed by atoms with van der Waals surface area (Å²) in [5.41, 5.74) is 0.0246. The van der Waals surface area contributed by atoms with Crippen molar-refractivity contribution in [2.45, 2.75) is 25.1 Å². The molecule has 40 heavy (non-hydrogen) atoms. The van der Waals surface area contributed by atoms with Crippen LogP contribution in [0.5, 0.6) is 23.1 Å². The Labute approximate surface area is 227 Å². The van der Waals surface area contributed by atoms with Gasteiger partial charge in [-0.05, 0) is 54.6 Å². The maximum absolute atomic E-state index is 12.7. The second-order valence-corrected chi connectivity index (χ2v) is 8.92. The van der Waals surface area contributed by atoms with Gasteiger partial charge in [0.15, 0.2) is 5.82 Å². The van der Waals surface area contributed by atoms with Gasteiger partial charge in [-0.25, -0.2) is 14.8 Å². The number of piperidine rings is 1. The molecule has 1 aliphatic heterocycles. The minimum absolute atomic E-state index is 0.00893. The number of pyridine rings is 1. The van der Waals surface area contributed by atoms with Gasteiger partial charge in [0.1, 0.15) is 23.4 Å². The van der Waals surface area contributed by atoms with E-state index in [1.807, 2.05) is 24.3 Å². The summed E-state index contributed by atoms with van der Waals surface area (Å²) in [5.74, 6) is 2.07. The van der Waals surface area contributed by atoms with E-state index in [2.05, 4.69) is 9.97 Å². The number of ether oxygens (including phenoxy) is 3. The lowest BCUT2D eigenvalue weighted by molar-refractivity contribution is -0.137. The van der Waals surface area contributed by atoms with Crippen LogP contribution in [0.3, 0.4) is 0 Å². The maximum Gasteiger partial charge on any atom is 0.417 e. The molecule has 9 nitrogen and oxygen atoms in total. The van der Waals surface area contributed by atoms with E-state index in [4.69, 9.17) is 19.0 Å². The van der Waals surface area contributed by atoms with Gasteiger partial charge in [0.05, 0.1) is 18.9 Å². The topological polar surface area (TPSA) is 87.9 Å². The van der Waals surface area contributed by atoms with Crippen molar-refractivity contribution in [2.24, 2.45) is 0 Å². The average molecular weight is 555 g/mol. The van der Waals surface area contributed by atoms with Crippen LogP contribution < -0.4 is 19.0 Å². The third-order valence-corrected chi connectivity index (χ3v) is 6.23. The van der Waals surface area contributed by atoms with Gasteiger partial charge in [-0.15, -0.1) is 0 Å². The number of halogens is 3. The van der Waals surface area contributed by atoms with E-state index in [0.29, 0.717) is 49.5 Å². The Bertz CT molecular complexity index is 1420. The molecule has 0 unspecified atom stereocenters. The number of aromatic nitrogens is 3. The zero-order valence-corrected chi connectivity index (χ0v) is 21.4. The monoisotopic (exact) mass is 554 g/mol. The molecular formula is C28H25F3N4O5. The van der Waals surface area contributed by atoms with Crippen molar-refractivity contribution in [1.82, 2.24) is 19.6 Å². The molecule has 2 aromatic heterocycles. The molecule has 1 saturated heterocycles. The summed E-state index contributed by atoms with van der Waals surface area (Å²) in [6.07, 6.45) is 0.285. The zero-order chi connectivity index (χ0) is 28.1. The first-order valence-electron chi connectivity index (χ1n) is 12.4. The van der Waals surface area contributed by atoms with Gasteiger partial charge in [0.25, 0.3) is 0 Å². The number of alkyl halides is 3. The molecule has 0 atom stereocenters. The second kappa shape index (κ2) is 11.6. The molecule has 0 saturated carbocycles. The number of hydrogen-bond acceptors (Lipinski definition) is 7. The first kappa shape index (κ1) is 26.9. The van der Waals surface area contributed by atoms with Crippen LogP contribution in [0.2, 0.25) is 0 Å². The molecule has 0 radical (unpaired) electrons. The van der Waals surface area contributed by atoms with Crippen LogP contribution in [-0.4, -0.2) is 52.0 Å². The molecule has 1 aliphatic rings. The van der Waals surface area contributed by atoms with Crippen LogP contribution in [-0.2, 0) is 6.18 Å². The van der Waals surface area contributed by atoms with Crippen molar-refractivity contribution in [3.63, 3.8) is 0 Å². The van der Waals surface area contributed by atoms with Gasteiger partial charge in [-0.1, -0.05) is 0 Å². The Balaban J connectivity index is 1.10. The van der Waals surface area contributed by atoms with E-state index in [9.17, 15) is 18.0 Å². The fraction of sp³-hybridized carbons (Fsp3) is 0.250. The number of carbonyl (C=O) groups is 1. The summed E-state index contributed by atoms with van der Waals surface area (Å²) in [7, 11) is 1.61. The lowest BCUT2D eigenvalue weighted by Gasteiger charge is -2.31. The lowest BCUT2D eigenvalue weighted by atomic mass is 10.1. The third kappa shape index (κ3) is 6.45. The number of imidazole rings is 1. The van der Waals surface area contributed by atoms with Crippen LogP contribution in [0.4, 0.5) is 18.0 Å². The van der Waals surface area contributed by atoms with Gasteiger partial charge >= 0.3 is 12.3 Å². The van der Waals surface area contributed by atoms with Crippen LogP contribution in [0.1, 0.15) is 18.4 Å². The molecule has 1 amide bonds. The van der Waals surface area contributed by atoms with E-state index in [-0.39, 0.29) is 12.0 Å². The zero-order valence-electron chi connectivity index (χ0n) is 21.4. The van der Waals surface area contributed by atoms with Crippen LogP contribution in [0.25, 0.3) is 11.4 Å². The molecule has 0 bridgehead atoms. The lowest BCUT2D eigenvalue weighted by Crippen LogP contribution is -2.44. The largest absolute Gasteiger partial charge is 0.497 e. The van der Waals surface area contributed by atoms with E-state index in [1.165, 1.54) is 24.3 Å². The predicted octanol–water partition coefficient (Wildman–Crippen LogP) is 5.86. The highest BCUT2D eigenvalue weighted by Crippen LogP contribution is 2.30. The number of amides is 1. The smallest absolute Gasteiger partial charge is 0.417 e. The van der Waals surface area contributed by atoms with Gasteiger partial charge in [0.2, 0.25) is 5.88 Å². The van der Waals surface area contributed by atoms with E-state index in [1.54, 1.807) is 29.1 Å². The third-order valence-electron chi connectivity index (χ3n) is 6.23. The van der Waals surface area contributed by atoms with Gasteiger partial charge in [-0.2, -0.15) is 17.9 Å². The highest BCUT2D eigenvalue weighted by molar-refractivity contribution is 5.70. The number of methoxy groups -OCH3 is 1. The van der Waals surface area contributed by atoms with Crippen molar-refractivity contribution in [3.8, 4) is 34.5 Å². The molecular weight excluding hydrogens is 529 g/mol. The number of likely N-dealkylation sites (tertiary alicyclic amines) is 1. The van der Waals surface area contributed by atoms with E-state index < -0.39 is 17.8 Å². The second-order valence-electron chi connectivity index (χ2n) is 8.92. The molecule has 3 heterocycles. The Morgan fingerprint density at radius 2 is 1.57 bits per heavy atom. The van der Waals surface area contributed by atoms with Crippen molar-refractivity contribution in [3.05, 3.63) is 84.8 Å². The van der Waals surface area contributed by atoms with Crippen molar-refractivity contribution in [2.75, 3.05) is 20.2 Å². The van der Waals surface area contributed by atoms with Gasteiger partial charge in [0, 0.05) is 50.0 Å².